The lowest BCUT2D eigenvalue weighted by Gasteiger charge is -2.27. The van der Waals surface area contributed by atoms with E-state index in [9.17, 15) is 0 Å². The number of carbonyl (C=O) groups is 1. The van der Waals surface area contributed by atoms with Crippen molar-refractivity contribution in [2.24, 2.45) is 0 Å². The lowest BCUT2D eigenvalue weighted by Crippen LogP contribution is -2.29. The Morgan fingerprint density at radius 1 is 1.32 bits per heavy atom. The van der Waals surface area contributed by atoms with Crippen LogP contribution in [0.5, 0.6) is 5.75 Å². The van der Waals surface area contributed by atoms with Crippen molar-refractivity contribution >= 4 is 5.97 Å². The van der Waals surface area contributed by atoms with Crippen LogP contribution >= 0.6 is 0 Å². The van der Waals surface area contributed by atoms with Gasteiger partial charge < -0.3 is 14.9 Å². The summed E-state index contributed by atoms with van der Waals surface area (Å²) in [4.78, 5) is 11.4. The quantitative estimate of drug-likeness (QED) is 0.817. The van der Waals surface area contributed by atoms with Crippen molar-refractivity contribution in [3.63, 3.8) is 0 Å². The van der Waals surface area contributed by atoms with E-state index in [2.05, 4.69) is 23.1 Å². The largest absolute Gasteiger partial charge is 0.497 e. The minimum absolute atomic E-state index is 0.252. The fraction of sp³-hybridized carbons (Fsp3) is 0.471. The predicted octanol–water partition coefficient (Wildman–Crippen LogP) is 2.30. The number of hydrogen-bond donors (Lipinski definition) is 2. The second kappa shape index (κ2) is 9.97. The zero-order valence-corrected chi connectivity index (χ0v) is 13.3. The van der Waals surface area contributed by atoms with Crippen molar-refractivity contribution in [1.29, 1.82) is 0 Å². The summed E-state index contributed by atoms with van der Waals surface area (Å²) < 4.78 is 5.16. The molecular weight excluding hydrogens is 282 g/mol. The number of nitrogens with zero attached hydrogens (tertiary/aromatic N) is 1. The van der Waals surface area contributed by atoms with E-state index in [-0.39, 0.29) is 6.61 Å². The summed E-state index contributed by atoms with van der Waals surface area (Å²) in [6.45, 7) is 4.38. The summed E-state index contributed by atoms with van der Waals surface area (Å²) in [6.07, 6.45) is 4.16. The Balaban J connectivity index is 0.000000541. The van der Waals surface area contributed by atoms with Crippen LogP contribution in [0, 0.1) is 0 Å². The smallest absolute Gasteiger partial charge is 0.300 e. The number of rotatable bonds is 5. The summed E-state index contributed by atoms with van der Waals surface area (Å²) in [7, 11) is 1.69. The molecule has 5 nitrogen and oxygen atoms in total. The number of benzene rings is 1. The molecule has 22 heavy (non-hydrogen) atoms. The normalized spacial score (nSPS) is 14.6. The highest BCUT2D eigenvalue weighted by molar-refractivity contribution is 5.62. The first-order chi connectivity index (χ1) is 10.5. The summed E-state index contributed by atoms with van der Waals surface area (Å²) >= 11 is 0. The molecule has 2 rings (SSSR count). The van der Waals surface area contributed by atoms with Crippen LogP contribution < -0.4 is 4.74 Å². The molecule has 0 aliphatic carbocycles. The highest BCUT2D eigenvalue weighted by Gasteiger charge is 2.12. The molecule has 122 valence electrons. The van der Waals surface area contributed by atoms with Crippen LogP contribution in [0.1, 0.15) is 25.3 Å². The summed E-state index contributed by atoms with van der Waals surface area (Å²) in [6, 6.07) is 8.24. The predicted molar refractivity (Wildman–Crippen MR) is 86.0 cm³/mol. The molecule has 0 radical (unpaired) electrons. The molecule has 1 heterocycles. The van der Waals surface area contributed by atoms with Gasteiger partial charge in [-0.05, 0) is 30.5 Å². The van der Waals surface area contributed by atoms with E-state index in [1.54, 1.807) is 7.11 Å². The topological polar surface area (TPSA) is 70.0 Å². The third-order valence-corrected chi connectivity index (χ3v) is 3.30. The molecule has 1 aliphatic rings. The van der Waals surface area contributed by atoms with E-state index in [0.29, 0.717) is 0 Å². The van der Waals surface area contributed by atoms with Gasteiger partial charge in [0.2, 0.25) is 0 Å². The van der Waals surface area contributed by atoms with Crippen molar-refractivity contribution in [2.45, 2.75) is 26.3 Å². The van der Waals surface area contributed by atoms with Crippen LogP contribution in [0.15, 0.2) is 35.9 Å². The van der Waals surface area contributed by atoms with Gasteiger partial charge in [-0.1, -0.05) is 23.8 Å². The maximum atomic E-state index is 9.00. The monoisotopic (exact) mass is 307 g/mol. The van der Waals surface area contributed by atoms with Crippen molar-refractivity contribution in [2.75, 3.05) is 26.8 Å². The fourth-order valence-electron chi connectivity index (χ4n) is 2.33. The average molecular weight is 307 g/mol. The number of carboxylic acids is 1. The van der Waals surface area contributed by atoms with Gasteiger partial charge in [0.1, 0.15) is 5.75 Å². The van der Waals surface area contributed by atoms with Gasteiger partial charge in [-0.2, -0.15) is 0 Å². The van der Waals surface area contributed by atoms with Crippen LogP contribution in [0.3, 0.4) is 0 Å². The van der Waals surface area contributed by atoms with E-state index in [1.807, 2.05) is 12.1 Å². The van der Waals surface area contributed by atoms with Crippen molar-refractivity contribution in [3.05, 3.63) is 41.5 Å². The van der Waals surface area contributed by atoms with Crippen LogP contribution in [0.2, 0.25) is 0 Å². The number of aliphatic carboxylic acids is 1. The molecule has 0 atom stereocenters. The molecule has 0 fully saturated rings. The van der Waals surface area contributed by atoms with E-state index in [0.717, 1.165) is 45.1 Å². The fourth-order valence-corrected chi connectivity index (χ4v) is 2.33. The van der Waals surface area contributed by atoms with Crippen molar-refractivity contribution < 1.29 is 19.7 Å². The Hall–Kier alpha value is -1.85. The SMILES string of the molecule is CC(=O)O.COc1ccc(CN2CCC=C(CCO)C2)cc1. The number of hydrogen-bond acceptors (Lipinski definition) is 4. The molecule has 0 amide bonds. The first-order valence-corrected chi connectivity index (χ1v) is 7.38. The molecule has 0 saturated carbocycles. The first kappa shape index (κ1) is 18.2. The van der Waals surface area contributed by atoms with Gasteiger partial charge in [-0.3, -0.25) is 9.69 Å². The Bertz CT molecular complexity index is 478. The van der Waals surface area contributed by atoms with E-state index < -0.39 is 5.97 Å². The van der Waals surface area contributed by atoms with Gasteiger partial charge >= 0.3 is 0 Å². The molecule has 1 aliphatic heterocycles. The van der Waals surface area contributed by atoms with Gasteiger partial charge in [0, 0.05) is 33.2 Å². The van der Waals surface area contributed by atoms with Gasteiger partial charge in [0.15, 0.2) is 0 Å². The maximum absolute atomic E-state index is 9.00. The van der Waals surface area contributed by atoms with Crippen LogP contribution in [-0.2, 0) is 11.3 Å². The minimum Gasteiger partial charge on any atom is -0.497 e. The molecule has 0 aromatic heterocycles. The van der Waals surface area contributed by atoms with Crippen LogP contribution in [-0.4, -0.2) is 47.9 Å². The Kier molecular flexibility index (Phi) is 8.25. The van der Waals surface area contributed by atoms with E-state index in [1.165, 1.54) is 11.1 Å². The summed E-state index contributed by atoms with van der Waals surface area (Å²) in [5.41, 5.74) is 2.67. The highest BCUT2D eigenvalue weighted by Crippen LogP contribution is 2.17. The third-order valence-electron chi connectivity index (χ3n) is 3.30. The maximum Gasteiger partial charge on any atom is 0.300 e. The van der Waals surface area contributed by atoms with Crippen molar-refractivity contribution in [3.8, 4) is 5.75 Å². The molecule has 0 bridgehead atoms. The lowest BCUT2D eigenvalue weighted by atomic mass is 10.1. The van der Waals surface area contributed by atoms with Gasteiger partial charge in [-0.15, -0.1) is 0 Å². The molecule has 0 spiro atoms. The van der Waals surface area contributed by atoms with Crippen LogP contribution in [0.25, 0.3) is 0 Å². The molecule has 0 unspecified atom stereocenters. The highest BCUT2D eigenvalue weighted by atomic mass is 16.5. The molecule has 1 aromatic carbocycles. The number of methoxy groups -OCH3 is 1. The zero-order valence-electron chi connectivity index (χ0n) is 13.3. The second-order valence-electron chi connectivity index (χ2n) is 5.20. The second-order valence-corrected chi connectivity index (χ2v) is 5.20. The van der Waals surface area contributed by atoms with Gasteiger partial charge in [0.25, 0.3) is 5.97 Å². The zero-order chi connectivity index (χ0) is 16.4. The Morgan fingerprint density at radius 3 is 2.50 bits per heavy atom. The van der Waals surface area contributed by atoms with E-state index in [4.69, 9.17) is 19.7 Å². The molecule has 0 saturated heterocycles. The van der Waals surface area contributed by atoms with Crippen LogP contribution in [0.4, 0.5) is 0 Å². The Morgan fingerprint density at radius 2 is 1.95 bits per heavy atom. The van der Waals surface area contributed by atoms with E-state index >= 15 is 0 Å². The summed E-state index contributed by atoms with van der Waals surface area (Å²) in [5.74, 6) is 0.0678. The molecule has 5 heteroatoms. The third kappa shape index (κ3) is 7.24. The minimum atomic E-state index is -0.833. The van der Waals surface area contributed by atoms with Gasteiger partial charge in [-0.25, -0.2) is 0 Å². The first-order valence-electron chi connectivity index (χ1n) is 7.38. The summed E-state index contributed by atoms with van der Waals surface area (Å²) in [5, 5.41) is 16.4. The molecular formula is C17H25NO4. The number of carboxylic acid groups (broad SMARTS) is 1. The number of aliphatic hydroxyl groups excluding tert-OH is 1. The number of ether oxygens (including phenoxy) is 1. The standard InChI is InChI=1S/C15H21NO2.C2H4O2/c1-18-15-6-4-14(5-7-15)12-16-9-2-3-13(11-16)8-10-17;1-2(3)4/h3-7,17H,2,8-12H2,1H3;1H3,(H,3,4). The number of aliphatic hydroxyl groups is 1. The lowest BCUT2D eigenvalue weighted by molar-refractivity contribution is -0.134. The average Bonchev–Trinajstić information content (AvgIpc) is 2.48. The molecule has 2 N–H and O–H groups in total. The molecule has 1 aromatic rings. The van der Waals surface area contributed by atoms with Gasteiger partial charge in [0.05, 0.1) is 7.11 Å². The Labute approximate surface area is 131 Å². The van der Waals surface area contributed by atoms with Crippen molar-refractivity contribution in [1.82, 2.24) is 4.90 Å².